The van der Waals surface area contributed by atoms with Crippen molar-refractivity contribution < 1.29 is 26.3 Å². The molecule has 4 heterocycles. The zero-order valence-corrected chi connectivity index (χ0v) is 25.1. The Balaban J connectivity index is 1.53. The van der Waals surface area contributed by atoms with Crippen LogP contribution in [0.5, 0.6) is 0 Å². The van der Waals surface area contributed by atoms with Crippen molar-refractivity contribution in [1.29, 1.82) is 0 Å². The molecule has 1 N–H and O–H groups in total. The third-order valence-electron chi connectivity index (χ3n) is 8.41. The van der Waals surface area contributed by atoms with Gasteiger partial charge in [0.15, 0.2) is 0 Å². The molecule has 2 aliphatic rings. The molecule has 0 radical (unpaired) electrons. The summed E-state index contributed by atoms with van der Waals surface area (Å²) >= 11 is 0. The van der Waals surface area contributed by atoms with Crippen LogP contribution in [-0.4, -0.2) is 53.6 Å². The fraction of sp³-hybridized carbons (Fsp3) is 0.469. The average molecular weight is 619 g/mol. The molecule has 2 unspecified atom stereocenters. The predicted molar refractivity (Wildman–Crippen MR) is 160 cm³/mol. The van der Waals surface area contributed by atoms with Gasteiger partial charge in [0, 0.05) is 43.1 Å². The summed E-state index contributed by atoms with van der Waals surface area (Å²) in [5.74, 6) is 1.02. The van der Waals surface area contributed by atoms with Crippen LogP contribution in [0.25, 0.3) is 11.3 Å². The van der Waals surface area contributed by atoms with Crippen molar-refractivity contribution in [2.24, 2.45) is 16.3 Å². The fourth-order valence-corrected chi connectivity index (χ4v) is 6.27. The third-order valence-corrected chi connectivity index (χ3v) is 8.41. The fourth-order valence-electron chi connectivity index (χ4n) is 6.27. The van der Waals surface area contributed by atoms with E-state index in [2.05, 4.69) is 41.0 Å². The van der Waals surface area contributed by atoms with Gasteiger partial charge in [-0.05, 0) is 67.1 Å². The monoisotopic (exact) mass is 618 g/mol. The summed E-state index contributed by atoms with van der Waals surface area (Å²) in [5, 5.41) is 3.12. The van der Waals surface area contributed by atoms with E-state index in [0.29, 0.717) is 40.8 Å². The molecular formula is C32H36F6N6. The number of benzene rings is 1. The number of fused-ring (bicyclic) bond motifs is 1. The molecule has 236 valence electrons. The molecule has 0 aliphatic carbocycles. The van der Waals surface area contributed by atoms with Gasteiger partial charge in [-0.2, -0.15) is 26.3 Å². The summed E-state index contributed by atoms with van der Waals surface area (Å²) in [6, 6.07) is 9.32. The van der Waals surface area contributed by atoms with Crippen molar-refractivity contribution in [1.82, 2.24) is 14.9 Å². The molecule has 3 aromatic rings. The highest BCUT2D eigenvalue weighted by Gasteiger charge is 2.36. The molecule has 5 rings (SSSR count). The Morgan fingerprint density at radius 3 is 2.43 bits per heavy atom. The number of amidine groups is 1. The maximum absolute atomic E-state index is 13.9. The maximum Gasteiger partial charge on any atom is 0.433 e. The van der Waals surface area contributed by atoms with E-state index in [4.69, 9.17) is 4.99 Å². The minimum Gasteiger partial charge on any atom is -0.351 e. The quantitative estimate of drug-likeness (QED) is 0.294. The van der Waals surface area contributed by atoms with Crippen LogP contribution in [0.4, 0.5) is 37.7 Å². The average Bonchev–Trinajstić information content (AvgIpc) is 3.11. The van der Waals surface area contributed by atoms with E-state index in [0.717, 1.165) is 50.7 Å². The van der Waals surface area contributed by atoms with Gasteiger partial charge in [0.2, 0.25) is 0 Å². The Kier molecular flexibility index (Phi) is 8.67. The number of anilines is 2. The van der Waals surface area contributed by atoms with Gasteiger partial charge < -0.3 is 10.2 Å². The summed E-state index contributed by atoms with van der Waals surface area (Å²) in [7, 11) is 1.86. The van der Waals surface area contributed by atoms with Crippen LogP contribution in [0.3, 0.4) is 0 Å². The lowest BCUT2D eigenvalue weighted by Crippen LogP contribution is -2.47. The summed E-state index contributed by atoms with van der Waals surface area (Å²) < 4.78 is 80.9. The minimum absolute atomic E-state index is 0.0964. The molecule has 2 atom stereocenters. The van der Waals surface area contributed by atoms with Gasteiger partial charge in [-0.25, -0.2) is 9.98 Å². The van der Waals surface area contributed by atoms with Gasteiger partial charge in [-0.1, -0.05) is 33.3 Å². The Morgan fingerprint density at radius 2 is 1.77 bits per heavy atom. The molecule has 1 aromatic carbocycles. The first kappa shape index (κ1) is 31.7. The molecular weight excluding hydrogens is 582 g/mol. The van der Waals surface area contributed by atoms with Crippen molar-refractivity contribution in [3.63, 3.8) is 0 Å². The van der Waals surface area contributed by atoms with Crippen molar-refractivity contribution >= 4 is 17.2 Å². The van der Waals surface area contributed by atoms with E-state index in [1.807, 2.05) is 11.9 Å². The third kappa shape index (κ3) is 7.00. The van der Waals surface area contributed by atoms with Crippen LogP contribution >= 0.6 is 0 Å². The number of hydrogen-bond donors (Lipinski definition) is 1. The molecule has 1 saturated heterocycles. The van der Waals surface area contributed by atoms with Gasteiger partial charge >= 0.3 is 12.4 Å². The van der Waals surface area contributed by atoms with Crippen molar-refractivity contribution in [2.45, 2.75) is 58.6 Å². The molecule has 0 bridgehead atoms. The number of pyridine rings is 2. The number of halogens is 6. The molecule has 1 fully saturated rings. The molecule has 44 heavy (non-hydrogen) atoms. The Bertz CT molecular complexity index is 1500. The highest BCUT2D eigenvalue weighted by atomic mass is 19.4. The smallest absolute Gasteiger partial charge is 0.351 e. The Labute approximate surface area is 253 Å². The normalized spacial score (nSPS) is 21.0. The van der Waals surface area contributed by atoms with Crippen LogP contribution in [0.1, 0.15) is 56.9 Å². The molecule has 2 aromatic heterocycles. The van der Waals surface area contributed by atoms with Gasteiger partial charge in [-0.3, -0.25) is 9.88 Å². The molecule has 2 aliphatic heterocycles. The zero-order valence-electron chi connectivity index (χ0n) is 25.1. The number of aromatic nitrogens is 2. The van der Waals surface area contributed by atoms with Crippen molar-refractivity contribution in [3.05, 3.63) is 71.7 Å². The Morgan fingerprint density at radius 1 is 1.00 bits per heavy atom. The first-order valence-electron chi connectivity index (χ1n) is 14.6. The van der Waals surface area contributed by atoms with E-state index >= 15 is 0 Å². The van der Waals surface area contributed by atoms with Gasteiger partial charge in [0.1, 0.15) is 17.7 Å². The van der Waals surface area contributed by atoms with E-state index in [-0.39, 0.29) is 11.1 Å². The van der Waals surface area contributed by atoms with Crippen LogP contribution < -0.4 is 10.2 Å². The van der Waals surface area contributed by atoms with Crippen LogP contribution in [0, 0.1) is 11.3 Å². The summed E-state index contributed by atoms with van der Waals surface area (Å²) in [6.07, 6.45) is -3.87. The first-order valence-corrected chi connectivity index (χ1v) is 14.6. The number of hydrogen-bond acceptors (Lipinski definition) is 6. The molecule has 0 spiro atoms. The lowest BCUT2D eigenvalue weighted by molar-refractivity contribution is -0.141. The van der Waals surface area contributed by atoms with Gasteiger partial charge in [0.25, 0.3) is 0 Å². The predicted octanol–water partition coefficient (Wildman–Crippen LogP) is 7.96. The second kappa shape index (κ2) is 12.0. The number of likely N-dealkylation sites (tertiary alicyclic amines) is 1. The number of likely N-dealkylation sites (N-methyl/N-ethyl adjacent to an activating group) is 1. The summed E-state index contributed by atoms with van der Waals surface area (Å²) in [4.78, 5) is 16.9. The van der Waals surface area contributed by atoms with E-state index in [1.165, 1.54) is 18.3 Å². The topological polar surface area (TPSA) is 56.6 Å². The zero-order chi connectivity index (χ0) is 31.9. The minimum atomic E-state index is -4.59. The molecule has 6 nitrogen and oxygen atoms in total. The van der Waals surface area contributed by atoms with Crippen molar-refractivity contribution in [3.8, 4) is 11.3 Å². The van der Waals surface area contributed by atoms with Crippen LogP contribution in [0.15, 0.2) is 59.9 Å². The molecule has 0 saturated carbocycles. The van der Waals surface area contributed by atoms with Crippen molar-refractivity contribution in [2.75, 3.05) is 36.9 Å². The number of aliphatic imine (C=N–C) groups is 1. The number of alkyl halides is 6. The maximum atomic E-state index is 13.9. The van der Waals surface area contributed by atoms with E-state index in [9.17, 15) is 26.3 Å². The highest BCUT2D eigenvalue weighted by molar-refractivity contribution is 6.13. The SMILES string of the molecule is CCC1CCN(CC2N=C(Nc3ccc(C(F)(F)F)nc3)c3ccc(-c4ncccc4C(F)(F)F)cc3N2C)CC(C)(C)C1. The lowest BCUT2D eigenvalue weighted by Gasteiger charge is -2.38. The second-order valence-corrected chi connectivity index (χ2v) is 12.4. The largest absolute Gasteiger partial charge is 0.433 e. The highest BCUT2D eigenvalue weighted by Crippen LogP contribution is 2.39. The number of nitrogens with one attached hydrogen (secondary N) is 1. The van der Waals surface area contributed by atoms with Crippen LogP contribution in [-0.2, 0) is 12.4 Å². The molecule has 12 heteroatoms. The lowest BCUT2D eigenvalue weighted by atomic mass is 9.82. The standard InChI is InChI=1S/C32H36F6N6/c1-5-20-12-14-44(19-30(2,3)16-20)18-27-42-29(41-22-9-11-26(40-17-22)32(36,37)38)23-10-8-21(15-25(23)43(27)4)28-24(31(33,34)35)7-6-13-39-28/h6-11,13,15,17,20,27H,5,12,14,16,18-19H2,1-4H3,(H,41,42). The van der Waals surface area contributed by atoms with Crippen LogP contribution in [0.2, 0.25) is 0 Å². The summed E-state index contributed by atoms with van der Waals surface area (Å²) in [5.41, 5.74) is -0.113. The second-order valence-electron chi connectivity index (χ2n) is 12.4. The Hall–Kier alpha value is -3.67. The van der Waals surface area contributed by atoms with Gasteiger partial charge in [0.05, 0.1) is 23.1 Å². The first-order chi connectivity index (χ1) is 20.6. The van der Waals surface area contributed by atoms with E-state index in [1.54, 1.807) is 18.2 Å². The van der Waals surface area contributed by atoms with Gasteiger partial charge in [-0.15, -0.1) is 0 Å². The number of nitrogens with zero attached hydrogens (tertiary/aromatic N) is 5. The molecule has 0 amide bonds. The van der Waals surface area contributed by atoms with E-state index < -0.39 is 29.8 Å². The summed E-state index contributed by atoms with van der Waals surface area (Å²) in [6.45, 7) is 9.06. The number of rotatable bonds is 5.